The summed E-state index contributed by atoms with van der Waals surface area (Å²) in [6, 6.07) is 0. The minimum atomic E-state index is -0.786. The third kappa shape index (κ3) is 52.2. The van der Waals surface area contributed by atoms with Crippen LogP contribution in [0.5, 0.6) is 0 Å². The fourth-order valence-corrected chi connectivity index (χ4v) is 8.03. The molecule has 0 aliphatic carbocycles. The third-order valence-electron chi connectivity index (χ3n) is 12.3. The molecular formula is C59H106O6. The molecule has 0 N–H and O–H groups in total. The molecule has 0 radical (unpaired) electrons. The summed E-state index contributed by atoms with van der Waals surface area (Å²) < 4.78 is 16.8. The summed E-state index contributed by atoms with van der Waals surface area (Å²) in [5, 5.41) is 0. The van der Waals surface area contributed by atoms with E-state index in [1.165, 1.54) is 180 Å². The van der Waals surface area contributed by atoms with Crippen LogP contribution in [0.25, 0.3) is 0 Å². The summed E-state index contributed by atoms with van der Waals surface area (Å²) in [7, 11) is 0. The minimum absolute atomic E-state index is 0.0835. The van der Waals surface area contributed by atoms with Gasteiger partial charge in [0.2, 0.25) is 0 Å². The van der Waals surface area contributed by atoms with Gasteiger partial charge in [0.15, 0.2) is 6.10 Å². The third-order valence-corrected chi connectivity index (χ3v) is 12.3. The number of hydrogen-bond donors (Lipinski definition) is 0. The molecule has 378 valence electrons. The van der Waals surface area contributed by atoms with Crippen LogP contribution in [0.2, 0.25) is 0 Å². The normalized spacial score (nSPS) is 12.4. The highest BCUT2D eigenvalue weighted by molar-refractivity contribution is 5.71. The van der Waals surface area contributed by atoms with E-state index in [1.54, 1.807) is 0 Å². The van der Waals surface area contributed by atoms with Gasteiger partial charge in [-0.15, -0.1) is 0 Å². The number of carbonyl (C=O) groups excluding carboxylic acids is 3. The summed E-state index contributed by atoms with van der Waals surface area (Å²) in [4.78, 5) is 38.1. The van der Waals surface area contributed by atoms with Crippen molar-refractivity contribution in [3.63, 3.8) is 0 Å². The predicted octanol–water partition coefficient (Wildman–Crippen LogP) is 18.7. The largest absolute Gasteiger partial charge is 0.462 e. The summed E-state index contributed by atoms with van der Waals surface area (Å²) >= 11 is 0. The zero-order valence-electron chi connectivity index (χ0n) is 43.3. The van der Waals surface area contributed by atoms with E-state index < -0.39 is 6.10 Å². The lowest BCUT2D eigenvalue weighted by Gasteiger charge is -2.18. The molecule has 0 aromatic carbocycles. The Bertz CT molecular complexity index is 1140. The molecule has 0 spiro atoms. The first-order chi connectivity index (χ1) is 32.0. The van der Waals surface area contributed by atoms with Gasteiger partial charge in [0.1, 0.15) is 13.2 Å². The number of carbonyl (C=O) groups is 3. The zero-order chi connectivity index (χ0) is 47.2. The molecule has 0 rings (SSSR count). The number of rotatable bonds is 51. The molecule has 0 aliphatic heterocycles. The molecule has 6 heteroatoms. The summed E-state index contributed by atoms with van der Waals surface area (Å²) in [5.41, 5.74) is 0. The summed E-state index contributed by atoms with van der Waals surface area (Å²) in [6.45, 7) is 6.60. The molecule has 0 bridgehead atoms. The van der Waals surface area contributed by atoms with Crippen molar-refractivity contribution in [2.45, 2.75) is 297 Å². The second-order valence-corrected chi connectivity index (χ2v) is 18.8. The van der Waals surface area contributed by atoms with Gasteiger partial charge in [0.05, 0.1) is 0 Å². The van der Waals surface area contributed by atoms with E-state index in [0.29, 0.717) is 19.3 Å². The van der Waals surface area contributed by atoms with E-state index in [2.05, 4.69) is 69.4 Å². The Morgan fingerprint density at radius 1 is 0.308 bits per heavy atom. The SMILES string of the molecule is CCCCC/C=C\C/C=C\C/C=C\CCCCC(=O)OC[C@H](COC(=O)CCCCCCCCCCC/C=C\CCCCCCCC)OC(=O)CCCCCCCCCCCCCCC. The van der Waals surface area contributed by atoms with Crippen LogP contribution in [0, 0.1) is 0 Å². The van der Waals surface area contributed by atoms with Gasteiger partial charge in [-0.25, -0.2) is 0 Å². The molecule has 1 atom stereocenters. The fourth-order valence-electron chi connectivity index (χ4n) is 8.03. The smallest absolute Gasteiger partial charge is 0.306 e. The van der Waals surface area contributed by atoms with Crippen molar-refractivity contribution in [3.05, 3.63) is 48.6 Å². The van der Waals surface area contributed by atoms with E-state index in [0.717, 1.165) is 70.6 Å². The van der Waals surface area contributed by atoms with Crippen molar-refractivity contribution < 1.29 is 28.6 Å². The first-order valence-electron chi connectivity index (χ1n) is 28.1. The molecule has 6 nitrogen and oxygen atoms in total. The van der Waals surface area contributed by atoms with Gasteiger partial charge in [-0.3, -0.25) is 14.4 Å². The van der Waals surface area contributed by atoms with Gasteiger partial charge < -0.3 is 14.2 Å². The maximum atomic E-state index is 12.8. The highest BCUT2D eigenvalue weighted by Gasteiger charge is 2.19. The van der Waals surface area contributed by atoms with Gasteiger partial charge in [-0.2, -0.15) is 0 Å². The van der Waals surface area contributed by atoms with Gasteiger partial charge in [-0.05, 0) is 83.5 Å². The fraction of sp³-hybridized carbons (Fsp3) is 0.814. The highest BCUT2D eigenvalue weighted by atomic mass is 16.6. The van der Waals surface area contributed by atoms with E-state index in [1.807, 2.05) is 0 Å². The lowest BCUT2D eigenvalue weighted by molar-refractivity contribution is -0.167. The van der Waals surface area contributed by atoms with Crippen LogP contribution in [0.3, 0.4) is 0 Å². The van der Waals surface area contributed by atoms with E-state index in [9.17, 15) is 14.4 Å². The summed E-state index contributed by atoms with van der Waals surface area (Å²) in [6.07, 6.45) is 65.3. The lowest BCUT2D eigenvalue weighted by Crippen LogP contribution is -2.30. The van der Waals surface area contributed by atoms with E-state index in [4.69, 9.17) is 14.2 Å². The molecular weight excluding hydrogens is 805 g/mol. The predicted molar refractivity (Wildman–Crippen MR) is 279 cm³/mol. The van der Waals surface area contributed by atoms with Gasteiger partial charge in [0.25, 0.3) is 0 Å². The first kappa shape index (κ1) is 62.4. The summed E-state index contributed by atoms with van der Waals surface area (Å²) in [5.74, 6) is -0.913. The van der Waals surface area contributed by atoms with Crippen molar-refractivity contribution in [1.29, 1.82) is 0 Å². The van der Waals surface area contributed by atoms with Crippen molar-refractivity contribution in [1.82, 2.24) is 0 Å². The highest BCUT2D eigenvalue weighted by Crippen LogP contribution is 2.16. The van der Waals surface area contributed by atoms with Crippen LogP contribution in [0.15, 0.2) is 48.6 Å². The first-order valence-corrected chi connectivity index (χ1v) is 28.1. The van der Waals surface area contributed by atoms with Crippen molar-refractivity contribution in [2.75, 3.05) is 13.2 Å². The number of esters is 3. The number of hydrogen-bond acceptors (Lipinski definition) is 6. The van der Waals surface area contributed by atoms with Crippen molar-refractivity contribution in [3.8, 4) is 0 Å². The van der Waals surface area contributed by atoms with Crippen LogP contribution in [-0.4, -0.2) is 37.2 Å². The van der Waals surface area contributed by atoms with Crippen LogP contribution < -0.4 is 0 Å². The topological polar surface area (TPSA) is 78.9 Å². The quantitative estimate of drug-likeness (QED) is 0.0262. The number of ether oxygens (including phenoxy) is 3. The Morgan fingerprint density at radius 3 is 0.938 bits per heavy atom. The van der Waals surface area contributed by atoms with Crippen molar-refractivity contribution in [2.24, 2.45) is 0 Å². The molecule has 0 unspecified atom stereocenters. The van der Waals surface area contributed by atoms with Crippen LogP contribution in [0.4, 0.5) is 0 Å². The Labute approximate surface area is 403 Å². The Kier molecular flexibility index (Phi) is 51.8. The molecule has 0 aliphatic rings. The molecule has 0 saturated carbocycles. The molecule has 0 amide bonds. The maximum Gasteiger partial charge on any atom is 0.306 e. The maximum absolute atomic E-state index is 12.8. The standard InChI is InChI=1S/C59H106O6/c1-4-7-10-13-16-19-22-25-27-28-29-30-32-35-37-40-43-46-49-52-58(61)64-55-56(65-59(62)53-50-47-44-41-38-33-24-21-18-15-12-9-6-3)54-63-57(60)51-48-45-42-39-36-34-31-26-23-20-17-14-11-8-5-2/h17,20,25-27,31,36,39,56H,4-16,18-19,21-24,28-30,32-35,37-38,40-55H2,1-3H3/b20-17-,27-25-,31-26-,39-36-/t56-/m1/s1. The Hall–Kier alpha value is -2.63. The van der Waals surface area contributed by atoms with Crippen molar-refractivity contribution >= 4 is 17.9 Å². The molecule has 0 aromatic heterocycles. The molecule has 0 heterocycles. The number of unbranched alkanes of at least 4 members (excludes halogenated alkanes) is 32. The van der Waals surface area contributed by atoms with E-state index >= 15 is 0 Å². The van der Waals surface area contributed by atoms with Gasteiger partial charge in [0, 0.05) is 19.3 Å². The molecule has 0 saturated heterocycles. The zero-order valence-corrected chi connectivity index (χ0v) is 43.3. The minimum Gasteiger partial charge on any atom is -0.462 e. The van der Waals surface area contributed by atoms with Gasteiger partial charge >= 0.3 is 17.9 Å². The van der Waals surface area contributed by atoms with Crippen LogP contribution in [-0.2, 0) is 28.6 Å². The van der Waals surface area contributed by atoms with Gasteiger partial charge in [-0.1, -0.05) is 236 Å². The average molecular weight is 911 g/mol. The molecule has 0 fully saturated rings. The van der Waals surface area contributed by atoms with Crippen LogP contribution in [0.1, 0.15) is 290 Å². The molecule has 65 heavy (non-hydrogen) atoms. The lowest BCUT2D eigenvalue weighted by atomic mass is 10.0. The second kappa shape index (κ2) is 54.0. The molecule has 0 aromatic rings. The van der Waals surface area contributed by atoms with Crippen LogP contribution >= 0.6 is 0 Å². The monoisotopic (exact) mass is 911 g/mol. The van der Waals surface area contributed by atoms with E-state index in [-0.39, 0.29) is 31.1 Å². The Balaban J connectivity index is 4.37. The Morgan fingerprint density at radius 2 is 0.554 bits per heavy atom. The number of allylic oxidation sites excluding steroid dienone is 8. The average Bonchev–Trinajstić information content (AvgIpc) is 3.30. The second-order valence-electron chi connectivity index (χ2n) is 18.8.